The largest absolute Gasteiger partial charge is 0.468 e. The fourth-order valence-electron chi connectivity index (χ4n) is 5.35. The predicted octanol–water partition coefficient (Wildman–Crippen LogP) is -8.44. The molecule has 0 aromatic carbocycles. The number of nitrogens with one attached hydrogen (secondary N) is 2. The van der Waals surface area contributed by atoms with E-state index in [1.54, 1.807) is 0 Å². The topological polar surface area (TPSA) is 323 Å². The Labute approximate surface area is 301 Å². The quantitative estimate of drug-likeness (QED) is 0.0579. The van der Waals surface area contributed by atoms with E-state index in [1.807, 2.05) is 0 Å². The van der Waals surface area contributed by atoms with Crippen LogP contribution in [-0.2, 0) is 33.5 Å². The number of hydrogen-bond acceptors (Lipinski definition) is 19. The molecule has 22 heteroatoms. The van der Waals surface area contributed by atoms with Crippen molar-refractivity contribution in [1.29, 1.82) is 0 Å². The maximum absolute atomic E-state index is 13.2. The molecule has 22 nitrogen and oxygen atoms in total. The smallest absolute Gasteiger partial charge is 0.325 e. The van der Waals surface area contributed by atoms with Gasteiger partial charge in [0.1, 0.15) is 61.5 Å². The van der Waals surface area contributed by atoms with Crippen molar-refractivity contribution in [2.24, 2.45) is 0 Å². The van der Waals surface area contributed by atoms with Crippen molar-refractivity contribution in [1.82, 2.24) is 30.4 Å². The van der Waals surface area contributed by atoms with Gasteiger partial charge in [-0.1, -0.05) is 0 Å². The molecule has 0 saturated carbocycles. The molecular weight excluding hydrogens is 700 g/mol. The Bertz CT molecular complexity index is 1140. The number of ether oxygens (including phenoxy) is 1. The number of hydroxylamine groups is 1. The van der Waals surface area contributed by atoms with Crippen LogP contribution in [0.15, 0.2) is 0 Å². The van der Waals surface area contributed by atoms with Crippen molar-refractivity contribution in [3.63, 3.8) is 0 Å². The summed E-state index contributed by atoms with van der Waals surface area (Å²) >= 11 is 0. The molecule has 1 rings (SSSR count). The molecular formula is C30H56N6O16. The molecule has 1 unspecified atom stereocenters. The first-order valence-corrected chi connectivity index (χ1v) is 16.4. The molecule has 9 atom stereocenters. The lowest BCUT2D eigenvalue weighted by molar-refractivity contribution is -0.165. The normalized spacial score (nSPS) is 27.5. The summed E-state index contributed by atoms with van der Waals surface area (Å²) in [4.78, 5) is 72.9. The number of aliphatic hydroxyl groups is 9. The Hall–Kier alpha value is -2.97. The number of hydrogen-bond donors (Lipinski definition) is 11. The third-order valence-electron chi connectivity index (χ3n) is 8.47. The minimum absolute atomic E-state index is 0.0138. The lowest BCUT2D eigenvalue weighted by atomic mass is 9.93. The molecule has 11 N–H and O–H groups in total. The van der Waals surface area contributed by atoms with Crippen LogP contribution in [0.4, 0.5) is 0 Å². The monoisotopic (exact) mass is 756 g/mol. The Balaban J connectivity index is 3.45. The predicted molar refractivity (Wildman–Crippen MR) is 176 cm³/mol. The van der Waals surface area contributed by atoms with Gasteiger partial charge in [-0.3, -0.25) is 33.8 Å². The van der Waals surface area contributed by atoms with Crippen molar-refractivity contribution in [3.8, 4) is 0 Å². The molecule has 3 amide bonds. The van der Waals surface area contributed by atoms with Crippen LogP contribution in [0.2, 0.25) is 0 Å². The first kappa shape index (κ1) is 47.1. The van der Waals surface area contributed by atoms with Gasteiger partial charge in [0.15, 0.2) is 0 Å². The highest BCUT2D eigenvalue weighted by molar-refractivity contribution is 5.88. The van der Waals surface area contributed by atoms with Crippen LogP contribution in [0.3, 0.4) is 0 Å². The van der Waals surface area contributed by atoms with Crippen molar-refractivity contribution in [2.75, 3.05) is 93.8 Å². The number of likely N-dealkylation sites (N-methyl/N-ethyl adjacent to an activating group) is 3. The Morgan fingerprint density at radius 3 is 2.27 bits per heavy atom. The highest BCUT2D eigenvalue weighted by Crippen LogP contribution is 2.17. The molecule has 52 heavy (non-hydrogen) atoms. The average molecular weight is 757 g/mol. The van der Waals surface area contributed by atoms with E-state index in [0.717, 1.165) is 16.9 Å². The van der Waals surface area contributed by atoms with Crippen LogP contribution in [0.25, 0.3) is 0 Å². The number of aliphatic hydroxyl groups excluding tert-OH is 9. The van der Waals surface area contributed by atoms with E-state index in [-0.39, 0.29) is 39.0 Å². The molecule has 1 aliphatic heterocycles. The van der Waals surface area contributed by atoms with E-state index in [2.05, 4.69) is 15.5 Å². The number of β-amino-alcohol motifs (C(OH)–C–C–N with tert-alkyl or cyclic N) is 2. The van der Waals surface area contributed by atoms with E-state index >= 15 is 0 Å². The number of carbonyl (C=O) groups is 5. The van der Waals surface area contributed by atoms with Gasteiger partial charge in [-0.25, -0.2) is 0 Å². The maximum Gasteiger partial charge on any atom is 0.325 e. The summed E-state index contributed by atoms with van der Waals surface area (Å²) in [5.41, 5.74) is 0.512. The highest BCUT2D eigenvalue weighted by Gasteiger charge is 2.37. The molecule has 302 valence electrons. The lowest BCUT2D eigenvalue weighted by Gasteiger charge is -2.36. The summed E-state index contributed by atoms with van der Waals surface area (Å²) in [5, 5.41) is 94.6. The third kappa shape index (κ3) is 15.2. The van der Waals surface area contributed by atoms with E-state index in [4.69, 9.17) is 9.94 Å². The molecule has 0 spiro atoms. The zero-order valence-electron chi connectivity index (χ0n) is 29.9. The first-order chi connectivity index (χ1) is 24.3. The Kier molecular flexibility index (Phi) is 20.8. The Morgan fingerprint density at radius 1 is 1.06 bits per heavy atom. The van der Waals surface area contributed by atoms with E-state index < -0.39 is 117 Å². The number of methoxy groups -OCH3 is 1. The van der Waals surface area contributed by atoms with Gasteiger partial charge in [0.2, 0.25) is 17.7 Å². The van der Waals surface area contributed by atoms with Gasteiger partial charge in [0.05, 0.1) is 45.6 Å². The van der Waals surface area contributed by atoms with Crippen LogP contribution in [0.1, 0.15) is 12.8 Å². The fraction of sp³-hybridized carbons (Fsp3) is 0.833. The molecule has 1 fully saturated rings. The molecule has 0 radical (unpaired) electrons. The minimum atomic E-state index is -2.00. The Morgan fingerprint density at radius 2 is 1.69 bits per heavy atom. The summed E-state index contributed by atoms with van der Waals surface area (Å²) in [6.07, 6.45) is -14.6. The van der Waals surface area contributed by atoms with Crippen molar-refractivity contribution in [3.05, 3.63) is 0 Å². The standard InChI is InChI=1S/C30H56N6O16/c1-33(12-24(45)35(3)13-25(46)51-4)16-30(17-39)6-5-7-36(9-18(40)26(47)28(49)20(42)14-37)10-19(41)27(48)29(50)21(15-38)52-31-8-23(44)34(2)11-22(43)32-30/h17-21,26-29,31,37-38,40-42,47-50H,5-16H2,1-4H3,(H,32,43)/t18-,19-,20+,21+,26+,27+,28+,29+,30?/m0/s1. The number of nitrogens with zero attached hydrogens (tertiary/aromatic N) is 4. The maximum atomic E-state index is 13.2. The summed E-state index contributed by atoms with van der Waals surface area (Å²) in [6.45, 7) is -5.04. The third-order valence-corrected chi connectivity index (χ3v) is 8.47. The number of rotatable bonds is 14. The van der Waals surface area contributed by atoms with Crippen molar-refractivity contribution < 1.29 is 79.5 Å². The zero-order chi connectivity index (χ0) is 39.8. The van der Waals surface area contributed by atoms with Gasteiger partial charge in [-0.15, -0.1) is 0 Å². The fourth-order valence-corrected chi connectivity index (χ4v) is 5.35. The van der Waals surface area contributed by atoms with E-state index in [1.165, 1.54) is 30.9 Å². The molecule has 0 aliphatic carbocycles. The molecule has 0 bridgehead atoms. The van der Waals surface area contributed by atoms with Crippen molar-refractivity contribution >= 4 is 30.0 Å². The van der Waals surface area contributed by atoms with Crippen LogP contribution in [0, 0.1) is 0 Å². The number of amides is 3. The number of carbonyl (C=O) groups excluding carboxylic acids is 5. The van der Waals surface area contributed by atoms with Gasteiger partial charge >= 0.3 is 5.97 Å². The number of aldehydes is 1. The summed E-state index contributed by atoms with van der Waals surface area (Å²) in [6, 6.07) is 0. The SMILES string of the molecule is COC(=O)CN(C)C(=O)CN(C)CC1(C=O)CCCN(C[C@H](O)[C@@H](O)[C@H](O)[C@H](O)CO)C[C@H](O)[C@@H](O)[C@H](O)[C@@H](CO)ONCC(=O)N(C)CC(=O)N1. The van der Waals surface area contributed by atoms with Gasteiger partial charge in [0.25, 0.3) is 0 Å². The number of esters is 1. The molecule has 0 aromatic rings. The first-order valence-electron chi connectivity index (χ1n) is 16.4. The summed E-state index contributed by atoms with van der Waals surface area (Å²) in [7, 11) is 5.28. The molecule has 1 aliphatic rings. The van der Waals surface area contributed by atoms with E-state index in [9.17, 15) is 64.8 Å². The molecule has 1 heterocycles. The van der Waals surface area contributed by atoms with Gasteiger partial charge < -0.3 is 70.6 Å². The molecule has 0 aromatic heterocycles. The highest BCUT2D eigenvalue weighted by atomic mass is 16.7. The van der Waals surface area contributed by atoms with Crippen LogP contribution in [0.5, 0.6) is 0 Å². The van der Waals surface area contributed by atoms with Gasteiger partial charge in [-0.2, -0.15) is 5.48 Å². The summed E-state index contributed by atoms with van der Waals surface area (Å²) in [5.74, 6) is -2.65. The van der Waals surface area contributed by atoms with Crippen LogP contribution < -0.4 is 10.8 Å². The van der Waals surface area contributed by atoms with Gasteiger partial charge in [0, 0.05) is 33.7 Å². The zero-order valence-corrected chi connectivity index (χ0v) is 29.9. The van der Waals surface area contributed by atoms with Crippen molar-refractivity contribution in [2.45, 2.75) is 67.2 Å². The second-order valence-corrected chi connectivity index (χ2v) is 12.9. The average Bonchev–Trinajstić information content (AvgIpc) is 3.10. The lowest BCUT2D eigenvalue weighted by Crippen LogP contribution is -2.59. The minimum Gasteiger partial charge on any atom is -0.468 e. The van der Waals surface area contributed by atoms with Crippen LogP contribution >= 0.6 is 0 Å². The molecule has 1 saturated heterocycles. The van der Waals surface area contributed by atoms with Gasteiger partial charge in [-0.05, 0) is 26.4 Å². The van der Waals surface area contributed by atoms with E-state index in [0.29, 0.717) is 6.29 Å². The second kappa shape index (κ2) is 23.0. The second-order valence-electron chi connectivity index (χ2n) is 12.9. The van der Waals surface area contributed by atoms with Crippen LogP contribution in [-0.4, -0.2) is 244 Å². The summed E-state index contributed by atoms with van der Waals surface area (Å²) < 4.78 is 4.57.